The molecule has 0 aliphatic carbocycles. The number of aromatic nitrogens is 1. The number of nitrogens with two attached hydrogens (primary N) is 1. The molecule has 0 bridgehead atoms. The number of hydrogen-bond acceptors (Lipinski definition) is 6. The number of nitrogen functional groups attached to an aromatic ring is 1. The molecule has 2 aromatic heterocycles. The Bertz CT molecular complexity index is 627. The van der Waals surface area contributed by atoms with Crippen LogP contribution in [0, 0.1) is 6.92 Å². The molecule has 0 saturated carbocycles. The van der Waals surface area contributed by atoms with E-state index in [2.05, 4.69) is 10.3 Å². The minimum atomic E-state index is -0.183. The van der Waals surface area contributed by atoms with E-state index < -0.39 is 0 Å². The van der Waals surface area contributed by atoms with Crippen molar-refractivity contribution >= 4 is 33.1 Å². The smallest absolute Gasteiger partial charge is 0.263 e. The number of aliphatic hydroxyl groups excluding tert-OH is 1. The number of rotatable bonds is 7. The van der Waals surface area contributed by atoms with Crippen LogP contribution in [0.2, 0.25) is 0 Å². The van der Waals surface area contributed by atoms with Crippen molar-refractivity contribution in [3.8, 4) is 0 Å². The number of fused-ring (bicyclic) bond motifs is 1. The van der Waals surface area contributed by atoms with Crippen molar-refractivity contribution in [3.05, 3.63) is 22.7 Å². The maximum atomic E-state index is 12.1. The molecule has 0 radical (unpaired) electrons. The van der Waals surface area contributed by atoms with Crippen LogP contribution in [0.1, 0.15) is 21.7 Å². The number of carbonyl (C=O) groups excluding carboxylic acids is 1. The standard InChI is InChI=1S/C14H19N3O3S/c1-9-3-5-17-14-10(9)11(15)12(21-14)13(19)16-4-2-7-20-8-6-18/h3,5,18H,2,4,6-8,15H2,1H3,(H,16,19). The van der Waals surface area contributed by atoms with Gasteiger partial charge in [-0.15, -0.1) is 11.3 Å². The predicted molar refractivity (Wildman–Crippen MR) is 83.6 cm³/mol. The Hall–Kier alpha value is -1.70. The van der Waals surface area contributed by atoms with Crippen molar-refractivity contribution in [2.75, 3.05) is 32.1 Å². The van der Waals surface area contributed by atoms with Crippen molar-refractivity contribution in [1.82, 2.24) is 10.3 Å². The van der Waals surface area contributed by atoms with Gasteiger partial charge in [0.2, 0.25) is 0 Å². The van der Waals surface area contributed by atoms with Crippen LogP contribution in [0.25, 0.3) is 10.2 Å². The van der Waals surface area contributed by atoms with Crippen LogP contribution in [0.3, 0.4) is 0 Å². The Morgan fingerprint density at radius 3 is 3.05 bits per heavy atom. The quantitative estimate of drug-likeness (QED) is 0.670. The first kappa shape index (κ1) is 15.7. The van der Waals surface area contributed by atoms with Gasteiger partial charge in [0.1, 0.15) is 9.71 Å². The van der Waals surface area contributed by atoms with Gasteiger partial charge in [0.15, 0.2) is 0 Å². The first-order valence-corrected chi connectivity index (χ1v) is 7.57. The zero-order valence-corrected chi connectivity index (χ0v) is 12.7. The van der Waals surface area contributed by atoms with E-state index in [4.69, 9.17) is 15.6 Å². The summed E-state index contributed by atoms with van der Waals surface area (Å²) in [4.78, 5) is 17.7. The molecule has 0 spiro atoms. The highest BCUT2D eigenvalue weighted by Crippen LogP contribution is 2.34. The molecule has 0 aromatic carbocycles. The maximum absolute atomic E-state index is 12.1. The molecule has 7 heteroatoms. The van der Waals surface area contributed by atoms with Gasteiger partial charge in [0, 0.05) is 24.7 Å². The van der Waals surface area contributed by atoms with Gasteiger partial charge in [0.25, 0.3) is 5.91 Å². The molecule has 4 N–H and O–H groups in total. The van der Waals surface area contributed by atoms with E-state index in [-0.39, 0.29) is 12.5 Å². The van der Waals surface area contributed by atoms with Crippen molar-refractivity contribution < 1.29 is 14.6 Å². The number of amides is 1. The molecule has 6 nitrogen and oxygen atoms in total. The number of pyridine rings is 1. The fraction of sp³-hybridized carbons (Fsp3) is 0.429. The Balaban J connectivity index is 1.97. The minimum Gasteiger partial charge on any atom is -0.397 e. The third-order valence-corrected chi connectivity index (χ3v) is 4.14. The maximum Gasteiger partial charge on any atom is 0.263 e. The van der Waals surface area contributed by atoms with E-state index in [0.29, 0.717) is 36.7 Å². The molecule has 0 fully saturated rings. The van der Waals surface area contributed by atoms with E-state index >= 15 is 0 Å². The number of aryl methyl sites for hydroxylation is 1. The zero-order chi connectivity index (χ0) is 15.2. The summed E-state index contributed by atoms with van der Waals surface area (Å²) in [7, 11) is 0. The highest BCUT2D eigenvalue weighted by Gasteiger charge is 2.17. The molecule has 0 saturated heterocycles. The molecule has 2 heterocycles. The summed E-state index contributed by atoms with van der Waals surface area (Å²) < 4.78 is 5.12. The Labute approximate surface area is 126 Å². The van der Waals surface area contributed by atoms with E-state index in [0.717, 1.165) is 15.8 Å². The second-order valence-corrected chi connectivity index (χ2v) is 5.60. The van der Waals surface area contributed by atoms with Gasteiger partial charge in [-0.1, -0.05) is 0 Å². The van der Waals surface area contributed by atoms with E-state index in [1.165, 1.54) is 11.3 Å². The summed E-state index contributed by atoms with van der Waals surface area (Å²) in [5.41, 5.74) is 7.58. The minimum absolute atomic E-state index is 0.0109. The summed E-state index contributed by atoms with van der Waals surface area (Å²) in [5, 5.41) is 12.2. The van der Waals surface area contributed by atoms with Gasteiger partial charge in [-0.05, 0) is 25.0 Å². The van der Waals surface area contributed by atoms with Crippen LogP contribution in [0.15, 0.2) is 12.3 Å². The van der Waals surface area contributed by atoms with Gasteiger partial charge in [-0.25, -0.2) is 4.98 Å². The normalized spacial score (nSPS) is 11.0. The molecule has 0 aliphatic rings. The molecule has 2 rings (SSSR count). The number of hydrogen-bond donors (Lipinski definition) is 3. The lowest BCUT2D eigenvalue weighted by molar-refractivity contribution is 0.0869. The van der Waals surface area contributed by atoms with Gasteiger partial charge in [-0.2, -0.15) is 0 Å². The highest BCUT2D eigenvalue weighted by atomic mass is 32.1. The van der Waals surface area contributed by atoms with Crippen LogP contribution in [-0.2, 0) is 4.74 Å². The summed E-state index contributed by atoms with van der Waals surface area (Å²) in [6.07, 6.45) is 2.40. The van der Waals surface area contributed by atoms with Gasteiger partial charge < -0.3 is 20.9 Å². The Morgan fingerprint density at radius 2 is 2.33 bits per heavy atom. The van der Waals surface area contributed by atoms with Crippen molar-refractivity contribution in [1.29, 1.82) is 0 Å². The fourth-order valence-electron chi connectivity index (χ4n) is 2.00. The molecule has 1 amide bonds. The second-order valence-electron chi connectivity index (χ2n) is 4.60. The number of thiophene rings is 1. The Kier molecular flexibility index (Phi) is 5.49. The average Bonchev–Trinajstić information content (AvgIpc) is 2.81. The largest absolute Gasteiger partial charge is 0.397 e. The van der Waals surface area contributed by atoms with Crippen LogP contribution in [0.5, 0.6) is 0 Å². The third kappa shape index (κ3) is 3.69. The van der Waals surface area contributed by atoms with Gasteiger partial charge in [-0.3, -0.25) is 4.79 Å². The molecule has 0 atom stereocenters. The number of anilines is 1. The SMILES string of the molecule is Cc1ccnc2sc(C(=O)NCCCOCCO)c(N)c12. The topological polar surface area (TPSA) is 97.5 Å². The van der Waals surface area contributed by atoms with E-state index in [9.17, 15) is 4.79 Å². The summed E-state index contributed by atoms with van der Waals surface area (Å²) >= 11 is 1.31. The third-order valence-electron chi connectivity index (χ3n) is 3.03. The summed E-state index contributed by atoms with van der Waals surface area (Å²) in [6, 6.07) is 1.88. The molecular weight excluding hydrogens is 290 g/mol. The zero-order valence-electron chi connectivity index (χ0n) is 11.9. The van der Waals surface area contributed by atoms with Gasteiger partial charge >= 0.3 is 0 Å². The van der Waals surface area contributed by atoms with Crippen LogP contribution < -0.4 is 11.1 Å². The van der Waals surface area contributed by atoms with Crippen LogP contribution in [-0.4, -0.2) is 42.4 Å². The monoisotopic (exact) mass is 309 g/mol. The molecule has 0 unspecified atom stereocenters. The van der Waals surface area contributed by atoms with Crippen molar-refractivity contribution in [2.45, 2.75) is 13.3 Å². The summed E-state index contributed by atoms with van der Waals surface area (Å²) in [6.45, 7) is 3.29. The number of carbonyl (C=O) groups is 1. The van der Waals surface area contributed by atoms with Crippen LogP contribution >= 0.6 is 11.3 Å². The molecular formula is C14H19N3O3S. The molecule has 0 aliphatic heterocycles. The molecule has 2 aromatic rings. The first-order valence-electron chi connectivity index (χ1n) is 6.75. The van der Waals surface area contributed by atoms with Crippen molar-refractivity contribution in [3.63, 3.8) is 0 Å². The fourth-order valence-corrected chi connectivity index (χ4v) is 3.05. The van der Waals surface area contributed by atoms with E-state index in [1.807, 2.05) is 13.0 Å². The van der Waals surface area contributed by atoms with Crippen LogP contribution in [0.4, 0.5) is 5.69 Å². The second kappa shape index (κ2) is 7.35. The molecule has 114 valence electrons. The average molecular weight is 309 g/mol. The lowest BCUT2D eigenvalue weighted by atomic mass is 10.2. The lowest BCUT2D eigenvalue weighted by Crippen LogP contribution is -2.25. The van der Waals surface area contributed by atoms with E-state index in [1.54, 1.807) is 6.20 Å². The number of nitrogens with zero attached hydrogens (tertiary/aromatic N) is 1. The lowest BCUT2D eigenvalue weighted by Gasteiger charge is -2.05. The Morgan fingerprint density at radius 1 is 1.52 bits per heavy atom. The number of ether oxygens (including phenoxy) is 1. The van der Waals surface area contributed by atoms with Crippen molar-refractivity contribution in [2.24, 2.45) is 0 Å². The number of nitrogens with one attached hydrogen (secondary N) is 1. The molecule has 21 heavy (non-hydrogen) atoms. The highest BCUT2D eigenvalue weighted by molar-refractivity contribution is 7.21. The summed E-state index contributed by atoms with van der Waals surface area (Å²) in [5.74, 6) is -0.183. The number of aliphatic hydroxyl groups is 1. The van der Waals surface area contributed by atoms with Gasteiger partial charge in [0.05, 0.1) is 18.9 Å². The first-order chi connectivity index (χ1) is 10.1. The predicted octanol–water partition coefficient (Wildman–Crippen LogP) is 1.32.